The van der Waals surface area contributed by atoms with E-state index in [0.29, 0.717) is 4.75 Å². The van der Waals surface area contributed by atoms with Crippen LogP contribution in [0.15, 0.2) is 24.3 Å². The first kappa shape index (κ1) is 15.7. The first-order chi connectivity index (χ1) is 9.78. The lowest BCUT2D eigenvalue weighted by Gasteiger charge is -2.36. The largest absolute Gasteiger partial charge is 0.494 e. The minimum absolute atomic E-state index is 0.468. The van der Waals surface area contributed by atoms with Crippen LogP contribution in [0.2, 0.25) is 0 Å². The molecule has 0 heterocycles. The summed E-state index contributed by atoms with van der Waals surface area (Å²) in [5.74, 6) is 0.976. The molecule has 0 aromatic heterocycles. The summed E-state index contributed by atoms with van der Waals surface area (Å²) in [7, 11) is 0. The molecule has 0 radical (unpaired) electrons. The highest BCUT2D eigenvalue weighted by Crippen LogP contribution is 2.37. The van der Waals surface area contributed by atoms with Gasteiger partial charge in [0.15, 0.2) is 0 Å². The Morgan fingerprint density at radius 2 is 2.05 bits per heavy atom. The van der Waals surface area contributed by atoms with Crippen LogP contribution in [-0.4, -0.2) is 24.2 Å². The number of nitrogens with one attached hydrogen (secondary N) is 1. The van der Waals surface area contributed by atoms with E-state index in [0.717, 1.165) is 25.4 Å². The Kier molecular flexibility index (Phi) is 6.24. The summed E-state index contributed by atoms with van der Waals surface area (Å²) in [6.45, 7) is 4.80. The van der Waals surface area contributed by atoms with Crippen LogP contribution in [0.25, 0.3) is 0 Å². The van der Waals surface area contributed by atoms with Gasteiger partial charge in [-0.1, -0.05) is 31.4 Å². The number of thioether (sulfide) groups is 1. The van der Waals surface area contributed by atoms with Crippen molar-refractivity contribution in [3.63, 3.8) is 0 Å². The van der Waals surface area contributed by atoms with Crippen LogP contribution < -0.4 is 10.1 Å². The van der Waals surface area contributed by atoms with E-state index in [9.17, 15) is 0 Å². The number of hydrogen-bond donors (Lipinski definition) is 1. The van der Waals surface area contributed by atoms with Gasteiger partial charge >= 0.3 is 0 Å². The number of rotatable bonds is 7. The molecule has 2 nitrogen and oxygen atoms in total. The highest BCUT2D eigenvalue weighted by atomic mass is 32.2. The molecule has 1 saturated carbocycles. The van der Waals surface area contributed by atoms with Gasteiger partial charge in [0.2, 0.25) is 0 Å². The normalized spacial score (nSPS) is 17.9. The molecule has 0 atom stereocenters. The SMILES string of the molecule is CCOc1cccc(CNCC2(SC)CCCCC2)c1. The average molecular weight is 293 g/mol. The van der Waals surface area contributed by atoms with E-state index in [4.69, 9.17) is 4.74 Å². The maximum Gasteiger partial charge on any atom is 0.119 e. The number of benzene rings is 1. The van der Waals surface area contributed by atoms with Crippen molar-refractivity contribution >= 4 is 11.8 Å². The fraction of sp³-hybridized carbons (Fsp3) is 0.647. The van der Waals surface area contributed by atoms with E-state index >= 15 is 0 Å². The second kappa shape index (κ2) is 7.94. The summed E-state index contributed by atoms with van der Waals surface area (Å²) in [5.41, 5.74) is 1.31. The standard InChI is InChI=1S/C17H27NOS/c1-3-19-16-9-7-8-15(12-16)13-18-14-17(20-2)10-5-4-6-11-17/h7-9,12,18H,3-6,10-11,13-14H2,1-2H3. The van der Waals surface area contributed by atoms with Crippen molar-refractivity contribution in [3.8, 4) is 5.75 Å². The molecule has 1 N–H and O–H groups in total. The maximum atomic E-state index is 5.55. The topological polar surface area (TPSA) is 21.3 Å². The van der Waals surface area contributed by atoms with Gasteiger partial charge in [0, 0.05) is 17.8 Å². The van der Waals surface area contributed by atoms with Crippen LogP contribution in [0.5, 0.6) is 5.75 Å². The van der Waals surface area contributed by atoms with Crippen LogP contribution in [0, 0.1) is 0 Å². The molecule has 1 aromatic rings. The zero-order valence-electron chi connectivity index (χ0n) is 12.8. The summed E-state index contributed by atoms with van der Waals surface area (Å²) in [5, 5.41) is 3.66. The van der Waals surface area contributed by atoms with Gasteiger partial charge in [0.25, 0.3) is 0 Å². The van der Waals surface area contributed by atoms with Crippen molar-refractivity contribution in [2.75, 3.05) is 19.4 Å². The van der Waals surface area contributed by atoms with Crippen LogP contribution in [0.3, 0.4) is 0 Å². The van der Waals surface area contributed by atoms with E-state index in [1.165, 1.54) is 37.7 Å². The average Bonchev–Trinajstić information content (AvgIpc) is 2.49. The van der Waals surface area contributed by atoms with Gasteiger partial charge in [-0.05, 0) is 43.7 Å². The minimum Gasteiger partial charge on any atom is -0.494 e. The van der Waals surface area contributed by atoms with Crippen molar-refractivity contribution in [2.24, 2.45) is 0 Å². The molecule has 0 aliphatic heterocycles. The monoisotopic (exact) mass is 293 g/mol. The number of ether oxygens (including phenoxy) is 1. The zero-order chi connectivity index (χ0) is 14.3. The number of hydrogen-bond acceptors (Lipinski definition) is 3. The molecular formula is C17H27NOS. The van der Waals surface area contributed by atoms with Crippen LogP contribution in [0.1, 0.15) is 44.6 Å². The first-order valence-corrected chi connectivity index (χ1v) is 8.98. The van der Waals surface area contributed by atoms with Crippen molar-refractivity contribution in [3.05, 3.63) is 29.8 Å². The van der Waals surface area contributed by atoms with E-state index < -0.39 is 0 Å². The molecular weight excluding hydrogens is 266 g/mol. The molecule has 20 heavy (non-hydrogen) atoms. The van der Waals surface area contributed by atoms with Crippen LogP contribution in [-0.2, 0) is 6.54 Å². The van der Waals surface area contributed by atoms with Crippen LogP contribution >= 0.6 is 11.8 Å². The molecule has 0 spiro atoms. The van der Waals surface area contributed by atoms with Crippen molar-refractivity contribution in [1.82, 2.24) is 5.32 Å². The third-order valence-electron chi connectivity index (χ3n) is 4.18. The van der Waals surface area contributed by atoms with E-state index in [1.54, 1.807) is 0 Å². The highest BCUT2D eigenvalue weighted by molar-refractivity contribution is 8.00. The van der Waals surface area contributed by atoms with Gasteiger partial charge in [-0.15, -0.1) is 0 Å². The molecule has 1 aromatic carbocycles. The Morgan fingerprint density at radius 1 is 1.25 bits per heavy atom. The molecule has 112 valence electrons. The summed E-state index contributed by atoms with van der Waals surface area (Å²) in [4.78, 5) is 0. The van der Waals surface area contributed by atoms with Crippen molar-refractivity contribution in [2.45, 2.75) is 50.3 Å². The zero-order valence-corrected chi connectivity index (χ0v) is 13.6. The van der Waals surface area contributed by atoms with Gasteiger partial charge in [-0.3, -0.25) is 0 Å². The molecule has 0 saturated heterocycles. The van der Waals surface area contributed by atoms with Crippen molar-refractivity contribution < 1.29 is 4.74 Å². The Morgan fingerprint density at radius 3 is 2.75 bits per heavy atom. The van der Waals surface area contributed by atoms with Gasteiger partial charge in [0.05, 0.1) is 6.61 Å². The Labute approximate surface area is 127 Å². The Bertz CT molecular complexity index is 402. The van der Waals surface area contributed by atoms with E-state index in [2.05, 4.69) is 41.5 Å². The lowest BCUT2D eigenvalue weighted by Crippen LogP contribution is -2.39. The predicted octanol–water partition coefficient (Wildman–Crippen LogP) is 4.24. The predicted molar refractivity (Wildman–Crippen MR) is 88.6 cm³/mol. The molecule has 3 heteroatoms. The lowest BCUT2D eigenvalue weighted by atomic mass is 9.88. The first-order valence-electron chi connectivity index (χ1n) is 7.75. The van der Waals surface area contributed by atoms with Gasteiger partial charge in [-0.25, -0.2) is 0 Å². The molecule has 0 amide bonds. The Hall–Kier alpha value is -0.670. The molecule has 0 unspecified atom stereocenters. The highest BCUT2D eigenvalue weighted by Gasteiger charge is 2.30. The molecule has 1 aliphatic carbocycles. The maximum absolute atomic E-state index is 5.55. The Balaban J connectivity index is 1.83. The van der Waals surface area contributed by atoms with E-state index in [-0.39, 0.29) is 0 Å². The quantitative estimate of drug-likeness (QED) is 0.812. The third kappa shape index (κ3) is 4.42. The van der Waals surface area contributed by atoms with Gasteiger partial charge in [0.1, 0.15) is 5.75 Å². The minimum atomic E-state index is 0.468. The molecule has 2 rings (SSSR count). The fourth-order valence-electron chi connectivity index (χ4n) is 3.00. The third-order valence-corrected chi connectivity index (χ3v) is 5.60. The summed E-state index contributed by atoms with van der Waals surface area (Å²) in [6, 6.07) is 8.41. The van der Waals surface area contributed by atoms with Crippen molar-refractivity contribution in [1.29, 1.82) is 0 Å². The second-order valence-electron chi connectivity index (χ2n) is 5.63. The molecule has 0 bridgehead atoms. The lowest BCUT2D eigenvalue weighted by molar-refractivity contribution is 0.339. The molecule has 1 aliphatic rings. The van der Waals surface area contributed by atoms with Gasteiger partial charge < -0.3 is 10.1 Å². The smallest absolute Gasteiger partial charge is 0.119 e. The fourth-order valence-corrected chi connectivity index (χ4v) is 3.94. The van der Waals surface area contributed by atoms with Gasteiger partial charge in [-0.2, -0.15) is 11.8 Å². The summed E-state index contributed by atoms with van der Waals surface area (Å²) < 4.78 is 6.02. The summed E-state index contributed by atoms with van der Waals surface area (Å²) in [6.07, 6.45) is 9.19. The summed E-state index contributed by atoms with van der Waals surface area (Å²) >= 11 is 2.05. The molecule has 1 fully saturated rings. The van der Waals surface area contributed by atoms with E-state index in [1.807, 2.05) is 13.0 Å². The van der Waals surface area contributed by atoms with Crippen LogP contribution in [0.4, 0.5) is 0 Å². The second-order valence-corrected chi connectivity index (χ2v) is 6.91.